The van der Waals surface area contributed by atoms with Crippen LogP contribution in [0.3, 0.4) is 0 Å². The number of ether oxygens (including phenoxy) is 1. The summed E-state index contributed by atoms with van der Waals surface area (Å²) in [5.41, 5.74) is 1.42. The quantitative estimate of drug-likeness (QED) is 0.742. The molecule has 0 amide bonds. The van der Waals surface area contributed by atoms with Crippen LogP contribution in [-0.2, 0) is 6.54 Å². The number of rotatable bonds is 6. The second kappa shape index (κ2) is 7.13. The lowest BCUT2D eigenvalue weighted by molar-refractivity contribution is 0.386. The van der Waals surface area contributed by atoms with Crippen LogP contribution in [0.1, 0.15) is 24.9 Å². The topological polar surface area (TPSA) is 88.7 Å². The van der Waals surface area contributed by atoms with Crippen LogP contribution in [0.4, 0.5) is 10.2 Å². The molecule has 3 aromatic rings. The average molecular weight is 340 g/mol. The lowest BCUT2D eigenvalue weighted by Crippen LogP contribution is -2.09. The number of nitrogens with one attached hydrogen (secondary N) is 1. The van der Waals surface area contributed by atoms with Crippen molar-refractivity contribution in [2.75, 3.05) is 12.4 Å². The Hall–Kier alpha value is -3.21. The van der Waals surface area contributed by atoms with Crippen molar-refractivity contribution in [3.05, 3.63) is 42.1 Å². The lowest BCUT2D eigenvalue weighted by Gasteiger charge is -2.16. The SMILES string of the molecule is COc1ccc(C(C)Nc2ncnc3c2cnn3CCC#N)cc1F. The van der Waals surface area contributed by atoms with Gasteiger partial charge in [-0.2, -0.15) is 10.4 Å². The number of methoxy groups -OCH3 is 1. The molecule has 1 aromatic carbocycles. The Balaban J connectivity index is 1.86. The normalized spacial score (nSPS) is 11.9. The molecule has 0 bridgehead atoms. The van der Waals surface area contributed by atoms with Gasteiger partial charge in [-0.1, -0.05) is 6.07 Å². The first kappa shape index (κ1) is 16.6. The summed E-state index contributed by atoms with van der Waals surface area (Å²) in [6, 6.07) is 6.74. The third-order valence-corrected chi connectivity index (χ3v) is 3.90. The second-order valence-electron chi connectivity index (χ2n) is 5.50. The van der Waals surface area contributed by atoms with E-state index in [0.29, 0.717) is 24.4 Å². The van der Waals surface area contributed by atoms with Gasteiger partial charge in [-0.15, -0.1) is 0 Å². The van der Waals surface area contributed by atoms with Gasteiger partial charge in [0.25, 0.3) is 0 Å². The smallest absolute Gasteiger partial charge is 0.165 e. The van der Waals surface area contributed by atoms with Gasteiger partial charge in [0.15, 0.2) is 17.2 Å². The Morgan fingerprint density at radius 1 is 1.40 bits per heavy atom. The first-order valence-electron chi connectivity index (χ1n) is 7.77. The van der Waals surface area contributed by atoms with Crippen LogP contribution in [0.5, 0.6) is 5.75 Å². The van der Waals surface area contributed by atoms with Gasteiger partial charge >= 0.3 is 0 Å². The summed E-state index contributed by atoms with van der Waals surface area (Å²) in [5.74, 6) is 0.405. The van der Waals surface area contributed by atoms with Crippen molar-refractivity contribution in [3.63, 3.8) is 0 Å². The molecule has 25 heavy (non-hydrogen) atoms. The maximum atomic E-state index is 13.9. The van der Waals surface area contributed by atoms with Crippen LogP contribution < -0.4 is 10.1 Å². The molecule has 0 aliphatic heterocycles. The standard InChI is InChI=1S/C17H17FN6O/c1-11(12-4-5-15(25-2)14(18)8-12)23-16-13-9-22-24(7-3-6-19)17(13)21-10-20-16/h4-5,8-11H,3,7H2,1-2H3,(H,20,21,23). The predicted molar refractivity (Wildman–Crippen MR) is 90.5 cm³/mol. The number of hydrogen-bond acceptors (Lipinski definition) is 6. The minimum atomic E-state index is -0.411. The van der Waals surface area contributed by atoms with Gasteiger partial charge in [-0.25, -0.2) is 19.0 Å². The van der Waals surface area contributed by atoms with E-state index < -0.39 is 5.82 Å². The zero-order chi connectivity index (χ0) is 17.8. The Labute approximate surface area is 144 Å². The van der Waals surface area contributed by atoms with Gasteiger partial charge in [0.2, 0.25) is 0 Å². The van der Waals surface area contributed by atoms with Crippen molar-refractivity contribution in [1.82, 2.24) is 19.7 Å². The van der Waals surface area contributed by atoms with Crippen molar-refractivity contribution in [2.45, 2.75) is 25.9 Å². The van der Waals surface area contributed by atoms with Crippen LogP contribution in [0, 0.1) is 17.1 Å². The highest BCUT2D eigenvalue weighted by Crippen LogP contribution is 2.26. The monoisotopic (exact) mass is 340 g/mol. The molecule has 1 atom stereocenters. The summed E-state index contributed by atoms with van der Waals surface area (Å²) in [6.45, 7) is 2.38. The van der Waals surface area contributed by atoms with E-state index in [-0.39, 0.29) is 11.8 Å². The zero-order valence-corrected chi connectivity index (χ0v) is 13.9. The number of fused-ring (bicyclic) bond motifs is 1. The summed E-state index contributed by atoms with van der Waals surface area (Å²) in [7, 11) is 1.43. The third-order valence-electron chi connectivity index (χ3n) is 3.90. The van der Waals surface area contributed by atoms with E-state index in [1.807, 2.05) is 6.92 Å². The van der Waals surface area contributed by atoms with Gasteiger partial charge in [0, 0.05) is 0 Å². The molecule has 0 saturated heterocycles. The Morgan fingerprint density at radius 3 is 2.96 bits per heavy atom. The Bertz CT molecular complexity index is 933. The first-order valence-corrected chi connectivity index (χ1v) is 7.77. The number of aromatic nitrogens is 4. The highest BCUT2D eigenvalue weighted by Gasteiger charge is 2.14. The van der Waals surface area contributed by atoms with Gasteiger partial charge in [-0.05, 0) is 24.6 Å². The van der Waals surface area contributed by atoms with Gasteiger partial charge in [0.05, 0.1) is 43.8 Å². The molecule has 0 aliphatic carbocycles. The largest absolute Gasteiger partial charge is 0.494 e. The number of anilines is 1. The highest BCUT2D eigenvalue weighted by molar-refractivity contribution is 5.86. The molecule has 1 N–H and O–H groups in total. The lowest BCUT2D eigenvalue weighted by atomic mass is 10.1. The van der Waals surface area contributed by atoms with Crippen LogP contribution in [0.25, 0.3) is 11.0 Å². The third kappa shape index (κ3) is 3.35. The van der Waals surface area contributed by atoms with Crippen LogP contribution in [0.15, 0.2) is 30.7 Å². The molecule has 0 saturated carbocycles. The van der Waals surface area contributed by atoms with Crippen LogP contribution in [0.2, 0.25) is 0 Å². The van der Waals surface area contributed by atoms with E-state index in [4.69, 9.17) is 10.00 Å². The molecule has 1 unspecified atom stereocenters. The molecule has 0 radical (unpaired) electrons. The minimum absolute atomic E-state index is 0.180. The van der Waals surface area contributed by atoms with E-state index in [2.05, 4.69) is 26.5 Å². The summed E-state index contributed by atoms with van der Waals surface area (Å²) in [5, 5.41) is 17.0. The maximum Gasteiger partial charge on any atom is 0.165 e. The summed E-state index contributed by atoms with van der Waals surface area (Å²) < 4.78 is 20.5. The van der Waals surface area contributed by atoms with E-state index in [0.717, 1.165) is 10.9 Å². The van der Waals surface area contributed by atoms with Crippen LogP contribution in [-0.4, -0.2) is 26.9 Å². The number of benzene rings is 1. The molecule has 8 heteroatoms. The maximum absolute atomic E-state index is 13.9. The van der Waals surface area contributed by atoms with Crippen molar-refractivity contribution >= 4 is 16.9 Å². The molecule has 3 rings (SSSR count). The molecule has 0 spiro atoms. The summed E-state index contributed by atoms with van der Waals surface area (Å²) >= 11 is 0. The number of nitriles is 1. The van der Waals surface area contributed by atoms with E-state index in [1.165, 1.54) is 19.5 Å². The molecule has 2 heterocycles. The highest BCUT2D eigenvalue weighted by atomic mass is 19.1. The number of hydrogen-bond donors (Lipinski definition) is 1. The average Bonchev–Trinajstić information content (AvgIpc) is 3.04. The zero-order valence-electron chi connectivity index (χ0n) is 13.9. The second-order valence-corrected chi connectivity index (χ2v) is 5.50. The fourth-order valence-corrected chi connectivity index (χ4v) is 2.57. The fraction of sp³-hybridized carbons (Fsp3) is 0.294. The Kier molecular flexibility index (Phi) is 4.75. The molecular formula is C17H17FN6O. The first-order chi connectivity index (χ1) is 12.1. The van der Waals surface area contributed by atoms with Gasteiger partial charge in [-0.3, -0.25) is 0 Å². The fourth-order valence-electron chi connectivity index (χ4n) is 2.57. The predicted octanol–water partition coefficient (Wildman–Crippen LogP) is 3.06. The molecular weight excluding hydrogens is 323 g/mol. The van der Waals surface area contributed by atoms with Crippen molar-refractivity contribution < 1.29 is 9.13 Å². The van der Waals surface area contributed by atoms with Gasteiger partial charge < -0.3 is 10.1 Å². The summed E-state index contributed by atoms with van der Waals surface area (Å²) in [6.07, 6.45) is 3.46. The van der Waals surface area contributed by atoms with E-state index in [1.54, 1.807) is 23.0 Å². The Morgan fingerprint density at radius 2 is 2.24 bits per heavy atom. The molecule has 0 fully saturated rings. The summed E-state index contributed by atoms with van der Waals surface area (Å²) in [4.78, 5) is 8.50. The number of nitrogens with zero attached hydrogens (tertiary/aromatic N) is 5. The molecule has 128 valence electrons. The number of aryl methyl sites for hydroxylation is 1. The van der Waals surface area contributed by atoms with Crippen LogP contribution >= 0.6 is 0 Å². The van der Waals surface area contributed by atoms with Crippen molar-refractivity contribution in [3.8, 4) is 11.8 Å². The molecule has 2 aromatic heterocycles. The van der Waals surface area contributed by atoms with Gasteiger partial charge in [0.1, 0.15) is 12.1 Å². The van der Waals surface area contributed by atoms with E-state index in [9.17, 15) is 4.39 Å². The van der Waals surface area contributed by atoms with Crippen molar-refractivity contribution in [2.24, 2.45) is 0 Å². The molecule has 7 nitrogen and oxygen atoms in total. The minimum Gasteiger partial charge on any atom is -0.494 e. The van der Waals surface area contributed by atoms with E-state index >= 15 is 0 Å². The molecule has 0 aliphatic rings. The number of halogens is 1. The van der Waals surface area contributed by atoms with Crippen molar-refractivity contribution in [1.29, 1.82) is 5.26 Å².